The standard InChI is InChI=1S/C22H31N5O3/c1-14(2)13-30-22(29)27-19-8-6-5-7-18(19)20(24-27)21(28)23-15-9-16-11-25(3)12-17(10-15)26(16)4/h5-8,14-17H,9-13H2,1-4H3,(H,23,28)/t15-,16-,17+. The highest BCUT2D eigenvalue weighted by molar-refractivity contribution is 6.06. The fourth-order valence-corrected chi connectivity index (χ4v) is 4.63. The van der Waals surface area contributed by atoms with Gasteiger partial charge in [0.05, 0.1) is 12.1 Å². The van der Waals surface area contributed by atoms with E-state index in [1.54, 1.807) is 6.07 Å². The van der Waals surface area contributed by atoms with E-state index in [0.29, 0.717) is 29.6 Å². The van der Waals surface area contributed by atoms with E-state index in [1.165, 1.54) is 4.68 Å². The zero-order chi connectivity index (χ0) is 21.4. The lowest BCUT2D eigenvalue weighted by Crippen LogP contribution is -2.63. The number of nitrogens with one attached hydrogen (secondary N) is 1. The molecule has 2 saturated heterocycles. The second kappa shape index (κ2) is 8.35. The highest BCUT2D eigenvalue weighted by Crippen LogP contribution is 2.27. The van der Waals surface area contributed by atoms with Gasteiger partial charge in [-0.15, -0.1) is 0 Å². The van der Waals surface area contributed by atoms with Gasteiger partial charge in [0.25, 0.3) is 5.91 Å². The number of likely N-dealkylation sites (N-methyl/N-ethyl adjacent to an activating group) is 2. The van der Waals surface area contributed by atoms with Crippen LogP contribution >= 0.6 is 0 Å². The van der Waals surface area contributed by atoms with E-state index in [1.807, 2.05) is 32.0 Å². The Morgan fingerprint density at radius 3 is 2.50 bits per heavy atom. The maximum Gasteiger partial charge on any atom is 0.435 e. The minimum Gasteiger partial charge on any atom is -0.448 e. The Hall–Kier alpha value is -2.45. The van der Waals surface area contributed by atoms with Crippen molar-refractivity contribution >= 4 is 22.9 Å². The number of likely N-dealkylation sites (tertiary alicyclic amines) is 1. The molecule has 2 fully saturated rings. The Labute approximate surface area is 177 Å². The molecule has 3 atom stereocenters. The number of hydrogen-bond acceptors (Lipinski definition) is 6. The lowest BCUT2D eigenvalue weighted by molar-refractivity contribution is 0.00837. The quantitative estimate of drug-likeness (QED) is 0.828. The molecule has 1 aromatic heterocycles. The van der Waals surface area contributed by atoms with E-state index in [4.69, 9.17) is 4.74 Å². The molecular formula is C22H31N5O3. The largest absolute Gasteiger partial charge is 0.448 e. The first kappa shape index (κ1) is 20.8. The number of carbonyl (C=O) groups excluding carboxylic acids is 2. The molecule has 2 aromatic rings. The first-order chi connectivity index (χ1) is 14.3. The third-order valence-corrected chi connectivity index (χ3v) is 6.16. The molecule has 2 aliphatic heterocycles. The normalized spacial score (nSPS) is 24.9. The van der Waals surface area contributed by atoms with Crippen molar-refractivity contribution in [2.75, 3.05) is 33.8 Å². The number of hydrogen-bond donors (Lipinski definition) is 1. The molecule has 8 heteroatoms. The van der Waals surface area contributed by atoms with Gasteiger partial charge in [0.15, 0.2) is 5.69 Å². The molecule has 1 aromatic carbocycles. The van der Waals surface area contributed by atoms with Gasteiger partial charge in [0.2, 0.25) is 0 Å². The first-order valence-electron chi connectivity index (χ1n) is 10.7. The SMILES string of the molecule is CC(C)COC(=O)n1nc(C(=O)N[C@@H]2C[C@@H]3CN(C)C[C@H](C2)N3C)c2ccccc21. The van der Waals surface area contributed by atoms with Gasteiger partial charge in [-0.3, -0.25) is 9.69 Å². The number of rotatable bonds is 4. The minimum absolute atomic E-state index is 0.106. The van der Waals surface area contributed by atoms with Crippen molar-refractivity contribution in [2.45, 2.75) is 44.8 Å². The summed E-state index contributed by atoms with van der Waals surface area (Å²) in [5.41, 5.74) is 0.853. The van der Waals surface area contributed by atoms with E-state index in [0.717, 1.165) is 25.9 Å². The van der Waals surface area contributed by atoms with Crippen LogP contribution in [0, 0.1) is 5.92 Å². The lowest BCUT2D eigenvalue weighted by atomic mass is 9.88. The van der Waals surface area contributed by atoms with E-state index >= 15 is 0 Å². The molecule has 2 bridgehead atoms. The summed E-state index contributed by atoms with van der Waals surface area (Å²) in [7, 11) is 4.33. The van der Waals surface area contributed by atoms with Crippen molar-refractivity contribution < 1.29 is 14.3 Å². The van der Waals surface area contributed by atoms with Crippen molar-refractivity contribution in [1.29, 1.82) is 0 Å². The predicted octanol–water partition coefficient (Wildman–Crippen LogP) is 2.18. The predicted molar refractivity (Wildman–Crippen MR) is 115 cm³/mol. The molecule has 1 N–H and O–H groups in total. The van der Waals surface area contributed by atoms with Gasteiger partial charge in [-0.2, -0.15) is 9.78 Å². The van der Waals surface area contributed by atoms with E-state index in [-0.39, 0.29) is 23.6 Å². The first-order valence-corrected chi connectivity index (χ1v) is 10.7. The minimum atomic E-state index is -0.559. The number of amides is 1. The van der Waals surface area contributed by atoms with E-state index in [9.17, 15) is 9.59 Å². The Morgan fingerprint density at radius 2 is 1.83 bits per heavy atom. The molecule has 8 nitrogen and oxygen atoms in total. The van der Waals surface area contributed by atoms with Crippen LogP contribution in [-0.2, 0) is 4.74 Å². The summed E-state index contributed by atoms with van der Waals surface area (Å²) in [5, 5.41) is 8.18. The number of benzene rings is 1. The van der Waals surface area contributed by atoms with Crippen molar-refractivity contribution in [3.05, 3.63) is 30.0 Å². The number of fused-ring (bicyclic) bond motifs is 3. The summed E-state index contributed by atoms with van der Waals surface area (Å²) in [6, 6.07) is 8.26. The van der Waals surface area contributed by atoms with Crippen molar-refractivity contribution in [1.82, 2.24) is 24.9 Å². The van der Waals surface area contributed by atoms with Gasteiger partial charge in [-0.25, -0.2) is 4.79 Å². The summed E-state index contributed by atoms with van der Waals surface area (Å²) in [6.45, 7) is 6.28. The highest BCUT2D eigenvalue weighted by Gasteiger charge is 2.38. The number of para-hydroxylation sites is 1. The van der Waals surface area contributed by atoms with Crippen LogP contribution in [0.15, 0.2) is 24.3 Å². The second-order valence-electron chi connectivity index (χ2n) is 9.08. The monoisotopic (exact) mass is 413 g/mol. The molecule has 30 heavy (non-hydrogen) atoms. The van der Waals surface area contributed by atoms with Crippen LogP contribution in [0.1, 0.15) is 37.2 Å². The number of aromatic nitrogens is 2. The van der Waals surface area contributed by atoms with E-state index < -0.39 is 6.09 Å². The zero-order valence-corrected chi connectivity index (χ0v) is 18.2. The molecule has 0 saturated carbocycles. The molecule has 3 heterocycles. The summed E-state index contributed by atoms with van der Waals surface area (Å²) in [4.78, 5) is 30.5. The van der Waals surface area contributed by atoms with Crippen LogP contribution in [-0.4, -0.2) is 83.5 Å². The topological polar surface area (TPSA) is 79.7 Å². The average molecular weight is 414 g/mol. The van der Waals surface area contributed by atoms with Crippen molar-refractivity contribution in [3.63, 3.8) is 0 Å². The third kappa shape index (κ3) is 4.06. The Bertz CT molecular complexity index is 924. The summed E-state index contributed by atoms with van der Waals surface area (Å²) in [6.07, 6.45) is 1.27. The molecule has 1 amide bonds. The molecular weight excluding hydrogens is 382 g/mol. The maximum atomic E-state index is 13.1. The zero-order valence-electron chi connectivity index (χ0n) is 18.2. The Balaban J connectivity index is 1.53. The molecule has 0 unspecified atom stereocenters. The van der Waals surface area contributed by atoms with Crippen LogP contribution in [0.25, 0.3) is 10.9 Å². The van der Waals surface area contributed by atoms with Gasteiger partial charge >= 0.3 is 6.09 Å². The fraction of sp³-hybridized carbons (Fsp3) is 0.591. The average Bonchev–Trinajstić information content (AvgIpc) is 3.08. The molecule has 162 valence electrons. The maximum absolute atomic E-state index is 13.1. The summed E-state index contributed by atoms with van der Waals surface area (Å²) >= 11 is 0. The molecule has 0 radical (unpaired) electrons. The number of piperazine rings is 1. The number of ether oxygens (including phenoxy) is 1. The highest BCUT2D eigenvalue weighted by atomic mass is 16.6. The van der Waals surface area contributed by atoms with Crippen molar-refractivity contribution in [2.24, 2.45) is 5.92 Å². The number of nitrogens with zero attached hydrogens (tertiary/aromatic N) is 4. The Morgan fingerprint density at radius 1 is 1.17 bits per heavy atom. The van der Waals surface area contributed by atoms with Crippen LogP contribution in [0.4, 0.5) is 4.79 Å². The molecule has 0 aliphatic carbocycles. The molecule has 0 spiro atoms. The summed E-state index contributed by atoms with van der Waals surface area (Å²) < 4.78 is 6.53. The Kier molecular flexibility index (Phi) is 5.79. The van der Waals surface area contributed by atoms with Gasteiger partial charge < -0.3 is 15.0 Å². The van der Waals surface area contributed by atoms with Crippen LogP contribution in [0.3, 0.4) is 0 Å². The van der Waals surface area contributed by atoms with Crippen LogP contribution < -0.4 is 5.32 Å². The summed E-state index contributed by atoms with van der Waals surface area (Å²) in [5.74, 6) is -0.0101. The van der Waals surface area contributed by atoms with Gasteiger partial charge in [0.1, 0.15) is 0 Å². The van der Waals surface area contributed by atoms with Crippen LogP contribution in [0.2, 0.25) is 0 Å². The molecule has 4 rings (SSSR count). The number of piperidine rings is 1. The van der Waals surface area contributed by atoms with Gasteiger partial charge in [-0.05, 0) is 38.9 Å². The van der Waals surface area contributed by atoms with Gasteiger partial charge in [-0.1, -0.05) is 32.0 Å². The lowest BCUT2D eigenvalue weighted by Gasteiger charge is -2.50. The van der Waals surface area contributed by atoms with Gasteiger partial charge in [0, 0.05) is 36.6 Å². The van der Waals surface area contributed by atoms with Crippen molar-refractivity contribution in [3.8, 4) is 0 Å². The van der Waals surface area contributed by atoms with Crippen LogP contribution in [0.5, 0.6) is 0 Å². The number of carbonyl (C=O) groups is 2. The third-order valence-electron chi connectivity index (χ3n) is 6.16. The van der Waals surface area contributed by atoms with E-state index in [2.05, 4.69) is 34.3 Å². The molecule has 2 aliphatic rings. The smallest absolute Gasteiger partial charge is 0.435 e. The second-order valence-corrected chi connectivity index (χ2v) is 9.08. The fourth-order valence-electron chi connectivity index (χ4n) is 4.63.